The lowest BCUT2D eigenvalue weighted by Gasteiger charge is -2.07. The number of nitro benzene ring substituents is 1. The van der Waals surface area contributed by atoms with E-state index in [1.165, 1.54) is 18.3 Å². The van der Waals surface area contributed by atoms with Crippen LogP contribution in [0.1, 0.15) is 10.4 Å². The van der Waals surface area contributed by atoms with Crippen LogP contribution >= 0.6 is 11.6 Å². The van der Waals surface area contributed by atoms with E-state index in [-0.39, 0.29) is 10.8 Å². The Bertz CT molecular complexity index is 740. The minimum Gasteiger partial charge on any atom is -0.305 e. The van der Waals surface area contributed by atoms with Crippen molar-refractivity contribution in [3.05, 3.63) is 62.8 Å². The van der Waals surface area contributed by atoms with Gasteiger partial charge in [-0.05, 0) is 18.2 Å². The van der Waals surface area contributed by atoms with Crippen LogP contribution < -0.4 is 5.32 Å². The predicted molar refractivity (Wildman–Crippen MR) is 70.2 cm³/mol. The van der Waals surface area contributed by atoms with Gasteiger partial charge in [0.25, 0.3) is 5.91 Å². The van der Waals surface area contributed by atoms with Gasteiger partial charge in [0.05, 0.1) is 9.95 Å². The van der Waals surface area contributed by atoms with Crippen LogP contribution in [0, 0.1) is 21.7 Å². The largest absolute Gasteiger partial charge is 0.305 e. The zero-order chi connectivity index (χ0) is 15.6. The van der Waals surface area contributed by atoms with Crippen molar-refractivity contribution < 1.29 is 18.5 Å². The molecule has 21 heavy (non-hydrogen) atoms. The summed E-state index contributed by atoms with van der Waals surface area (Å²) in [6.07, 6.45) is 1.31. The number of nitrogens with zero attached hydrogens (tertiary/aromatic N) is 2. The number of amides is 1. The lowest BCUT2D eigenvalue weighted by molar-refractivity contribution is -0.387. The minimum absolute atomic E-state index is 0.0529. The van der Waals surface area contributed by atoms with Gasteiger partial charge in [-0.1, -0.05) is 11.6 Å². The van der Waals surface area contributed by atoms with Gasteiger partial charge in [0, 0.05) is 12.3 Å². The van der Waals surface area contributed by atoms with Gasteiger partial charge < -0.3 is 5.32 Å². The molecule has 0 unspecified atom stereocenters. The summed E-state index contributed by atoms with van der Waals surface area (Å²) in [6.45, 7) is 0. The first-order chi connectivity index (χ1) is 9.91. The van der Waals surface area contributed by atoms with E-state index in [2.05, 4.69) is 10.3 Å². The maximum absolute atomic E-state index is 13.8. The van der Waals surface area contributed by atoms with E-state index in [4.69, 9.17) is 11.6 Å². The third-order valence-corrected chi connectivity index (χ3v) is 2.79. The zero-order valence-corrected chi connectivity index (χ0v) is 10.9. The molecule has 0 saturated heterocycles. The highest BCUT2D eigenvalue weighted by Gasteiger charge is 2.26. The van der Waals surface area contributed by atoms with Crippen LogP contribution in [0.2, 0.25) is 5.02 Å². The Morgan fingerprint density at radius 1 is 1.33 bits per heavy atom. The maximum atomic E-state index is 13.8. The number of carbonyl (C=O) groups excluding carboxylic acids is 1. The van der Waals surface area contributed by atoms with Gasteiger partial charge in [0.2, 0.25) is 5.82 Å². The summed E-state index contributed by atoms with van der Waals surface area (Å²) in [5.41, 5.74) is -2.08. The molecule has 1 aromatic heterocycles. The highest BCUT2D eigenvalue weighted by molar-refractivity contribution is 6.33. The first-order valence-electron chi connectivity index (χ1n) is 5.46. The van der Waals surface area contributed by atoms with E-state index in [1.54, 1.807) is 0 Å². The van der Waals surface area contributed by atoms with Gasteiger partial charge in [-0.2, -0.15) is 4.39 Å². The van der Waals surface area contributed by atoms with Crippen LogP contribution in [-0.2, 0) is 0 Å². The Labute approximate surface area is 121 Å². The second-order valence-electron chi connectivity index (χ2n) is 3.80. The summed E-state index contributed by atoms with van der Waals surface area (Å²) < 4.78 is 27.4. The molecule has 108 valence electrons. The molecule has 2 rings (SSSR count). The fourth-order valence-corrected chi connectivity index (χ4v) is 1.71. The topological polar surface area (TPSA) is 85.1 Å². The van der Waals surface area contributed by atoms with Crippen LogP contribution in [0.3, 0.4) is 0 Å². The number of nitro groups is 1. The van der Waals surface area contributed by atoms with Gasteiger partial charge in [0.15, 0.2) is 5.82 Å². The summed E-state index contributed by atoms with van der Waals surface area (Å²) in [4.78, 5) is 25.1. The van der Waals surface area contributed by atoms with Crippen molar-refractivity contribution in [1.29, 1.82) is 0 Å². The highest BCUT2D eigenvalue weighted by Crippen LogP contribution is 2.25. The van der Waals surface area contributed by atoms with E-state index < -0.39 is 33.7 Å². The maximum Gasteiger partial charge on any atom is 0.305 e. The Balaban J connectivity index is 2.42. The molecule has 9 heteroatoms. The van der Waals surface area contributed by atoms with Crippen molar-refractivity contribution in [2.75, 3.05) is 5.32 Å². The van der Waals surface area contributed by atoms with Gasteiger partial charge in [-0.15, -0.1) is 0 Å². The zero-order valence-electron chi connectivity index (χ0n) is 10.1. The third kappa shape index (κ3) is 2.95. The average molecular weight is 314 g/mol. The van der Waals surface area contributed by atoms with Crippen LogP contribution in [0.15, 0.2) is 30.5 Å². The predicted octanol–water partition coefficient (Wildman–Crippen LogP) is 3.17. The van der Waals surface area contributed by atoms with Crippen molar-refractivity contribution >= 4 is 29.0 Å². The van der Waals surface area contributed by atoms with Crippen LogP contribution in [0.5, 0.6) is 0 Å². The Morgan fingerprint density at radius 2 is 2.05 bits per heavy atom. The molecule has 0 spiro atoms. The molecule has 0 radical (unpaired) electrons. The second kappa shape index (κ2) is 5.80. The Kier molecular flexibility index (Phi) is 4.08. The summed E-state index contributed by atoms with van der Waals surface area (Å²) in [5, 5.41) is 12.7. The van der Waals surface area contributed by atoms with E-state index in [0.717, 1.165) is 0 Å². The second-order valence-corrected chi connectivity index (χ2v) is 4.21. The van der Waals surface area contributed by atoms with E-state index in [1.807, 2.05) is 0 Å². The Morgan fingerprint density at radius 3 is 2.67 bits per heavy atom. The monoisotopic (exact) mass is 313 g/mol. The summed E-state index contributed by atoms with van der Waals surface area (Å²) in [7, 11) is 0. The molecule has 6 nitrogen and oxygen atoms in total. The van der Waals surface area contributed by atoms with E-state index in [9.17, 15) is 23.7 Å². The number of benzene rings is 1. The molecule has 1 amide bonds. The molecule has 1 aromatic carbocycles. The Hall–Kier alpha value is -2.61. The molecule has 0 fully saturated rings. The minimum atomic E-state index is -1.57. The normalized spacial score (nSPS) is 10.2. The molecule has 1 heterocycles. The number of anilines is 1. The molecule has 0 bridgehead atoms. The lowest BCUT2D eigenvalue weighted by atomic mass is 10.1. The van der Waals surface area contributed by atoms with Gasteiger partial charge in [-0.25, -0.2) is 9.37 Å². The number of pyridine rings is 1. The summed E-state index contributed by atoms with van der Waals surface area (Å²) in [5.74, 6) is -4.14. The third-order valence-electron chi connectivity index (χ3n) is 2.48. The van der Waals surface area contributed by atoms with Gasteiger partial charge >= 0.3 is 5.69 Å². The SMILES string of the molecule is O=C(Nc1ncccc1Cl)c1c(F)ccc([N+](=O)[O-])c1F. The fourth-order valence-electron chi connectivity index (χ4n) is 1.54. The fraction of sp³-hybridized carbons (Fsp3) is 0. The molecule has 0 aliphatic heterocycles. The molecule has 0 saturated carbocycles. The smallest absolute Gasteiger partial charge is 0.305 e. The van der Waals surface area contributed by atoms with Gasteiger partial charge in [0.1, 0.15) is 11.4 Å². The van der Waals surface area contributed by atoms with Crippen molar-refractivity contribution in [3.8, 4) is 0 Å². The van der Waals surface area contributed by atoms with Crippen LogP contribution in [0.25, 0.3) is 0 Å². The van der Waals surface area contributed by atoms with Crippen LogP contribution in [0.4, 0.5) is 20.3 Å². The quantitative estimate of drug-likeness (QED) is 0.696. The molecule has 0 aliphatic rings. The molecule has 2 aromatic rings. The standard InChI is InChI=1S/C12H6ClF2N3O3/c13-6-2-1-5-16-11(6)17-12(19)9-7(14)3-4-8(10(9)15)18(20)21/h1-5H,(H,16,17,19). The number of carbonyl (C=O) groups is 1. The number of halogens is 3. The van der Waals surface area contributed by atoms with E-state index in [0.29, 0.717) is 12.1 Å². The molecular weight excluding hydrogens is 308 g/mol. The summed E-state index contributed by atoms with van der Waals surface area (Å²) >= 11 is 5.74. The first-order valence-corrected chi connectivity index (χ1v) is 5.84. The van der Waals surface area contributed by atoms with Crippen molar-refractivity contribution in [3.63, 3.8) is 0 Å². The van der Waals surface area contributed by atoms with E-state index >= 15 is 0 Å². The van der Waals surface area contributed by atoms with Crippen molar-refractivity contribution in [1.82, 2.24) is 4.98 Å². The number of rotatable bonds is 3. The number of nitrogens with one attached hydrogen (secondary N) is 1. The molecule has 0 atom stereocenters. The first kappa shape index (κ1) is 14.8. The number of hydrogen-bond donors (Lipinski definition) is 1. The number of hydrogen-bond acceptors (Lipinski definition) is 4. The van der Waals surface area contributed by atoms with Gasteiger partial charge in [-0.3, -0.25) is 14.9 Å². The lowest BCUT2D eigenvalue weighted by Crippen LogP contribution is -2.17. The van der Waals surface area contributed by atoms with Crippen LogP contribution in [-0.4, -0.2) is 15.8 Å². The van der Waals surface area contributed by atoms with Crippen molar-refractivity contribution in [2.45, 2.75) is 0 Å². The molecule has 1 N–H and O–H groups in total. The molecular formula is C12H6ClF2N3O3. The average Bonchev–Trinajstić information content (AvgIpc) is 2.41. The highest BCUT2D eigenvalue weighted by atomic mass is 35.5. The van der Waals surface area contributed by atoms with Crippen molar-refractivity contribution in [2.24, 2.45) is 0 Å². The number of aromatic nitrogens is 1. The summed E-state index contributed by atoms with van der Waals surface area (Å²) in [6, 6.07) is 4.17. The molecule has 0 aliphatic carbocycles.